The summed E-state index contributed by atoms with van der Waals surface area (Å²) in [5.41, 5.74) is 0.903. The van der Waals surface area contributed by atoms with Crippen molar-refractivity contribution in [2.75, 3.05) is 5.32 Å². The molecule has 3 aromatic rings. The Balaban J connectivity index is 1.91. The Kier molecular flexibility index (Phi) is 4.95. The predicted octanol–water partition coefficient (Wildman–Crippen LogP) is 5.79. The summed E-state index contributed by atoms with van der Waals surface area (Å²) in [7, 11) is 0. The van der Waals surface area contributed by atoms with Gasteiger partial charge in [-0.15, -0.1) is 11.3 Å². The van der Waals surface area contributed by atoms with Crippen LogP contribution in [0.15, 0.2) is 36.7 Å². The van der Waals surface area contributed by atoms with Gasteiger partial charge in [0.05, 0.1) is 21.1 Å². The number of aryl methyl sites for hydroxylation is 1. The molecule has 3 heterocycles. The van der Waals surface area contributed by atoms with Crippen molar-refractivity contribution >= 4 is 23.0 Å². The van der Waals surface area contributed by atoms with Crippen LogP contribution in [0.1, 0.15) is 35.9 Å². The number of nitrogens with zero attached hydrogens (tertiary/aromatic N) is 3. The van der Waals surface area contributed by atoms with Crippen molar-refractivity contribution in [3.63, 3.8) is 0 Å². The fourth-order valence-corrected chi connectivity index (χ4v) is 3.22. The molecular formula is C18H17F3N4S. The van der Waals surface area contributed by atoms with Crippen LogP contribution in [0.5, 0.6) is 0 Å². The minimum absolute atomic E-state index is 0.0936. The van der Waals surface area contributed by atoms with E-state index in [1.54, 1.807) is 23.6 Å². The van der Waals surface area contributed by atoms with Gasteiger partial charge in [-0.1, -0.05) is 13.8 Å². The fraction of sp³-hybridized carbons (Fsp3) is 0.278. The molecule has 0 bridgehead atoms. The van der Waals surface area contributed by atoms with E-state index >= 15 is 0 Å². The monoisotopic (exact) mass is 378 g/mol. The summed E-state index contributed by atoms with van der Waals surface area (Å²) in [5.74, 6) is 0.854. The zero-order chi connectivity index (χ0) is 18.9. The first-order valence-corrected chi connectivity index (χ1v) is 8.79. The maximum Gasteiger partial charge on any atom is 0.416 e. The molecule has 0 aliphatic rings. The van der Waals surface area contributed by atoms with E-state index in [-0.39, 0.29) is 5.82 Å². The van der Waals surface area contributed by atoms with E-state index < -0.39 is 11.7 Å². The van der Waals surface area contributed by atoms with Gasteiger partial charge in [0.2, 0.25) is 0 Å². The highest BCUT2D eigenvalue weighted by atomic mass is 32.1. The molecule has 0 aliphatic carbocycles. The van der Waals surface area contributed by atoms with E-state index in [2.05, 4.69) is 34.1 Å². The highest BCUT2D eigenvalue weighted by Gasteiger charge is 2.30. The molecule has 0 fully saturated rings. The number of nitrogens with one attached hydrogen (secondary N) is 1. The van der Waals surface area contributed by atoms with Gasteiger partial charge in [-0.2, -0.15) is 13.2 Å². The third-order valence-corrected chi connectivity index (χ3v) is 4.90. The van der Waals surface area contributed by atoms with Gasteiger partial charge in [-0.3, -0.25) is 0 Å². The Morgan fingerprint density at radius 3 is 2.50 bits per heavy atom. The lowest BCUT2D eigenvalue weighted by Crippen LogP contribution is -2.06. The van der Waals surface area contributed by atoms with Crippen molar-refractivity contribution < 1.29 is 13.2 Å². The molecular weight excluding hydrogens is 361 g/mol. The summed E-state index contributed by atoms with van der Waals surface area (Å²) in [6, 6.07) is 5.58. The SMILES string of the molecule is Cc1cc(Nc2cc(C(F)(F)F)ccn2)nc(-c2cnc(C(C)C)s2)c1. The molecule has 3 rings (SSSR count). The third kappa shape index (κ3) is 4.19. The average molecular weight is 378 g/mol. The molecule has 4 nitrogen and oxygen atoms in total. The first kappa shape index (κ1) is 18.3. The molecule has 0 spiro atoms. The van der Waals surface area contributed by atoms with Crippen LogP contribution in [0.2, 0.25) is 0 Å². The zero-order valence-corrected chi connectivity index (χ0v) is 15.2. The van der Waals surface area contributed by atoms with Crippen molar-refractivity contribution in [3.05, 3.63) is 52.8 Å². The lowest BCUT2D eigenvalue weighted by molar-refractivity contribution is -0.137. The second kappa shape index (κ2) is 7.03. The molecule has 1 N–H and O–H groups in total. The largest absolute Gasteiger partial charge is 0.416 e. The highest BCUT2D eigenvalue weighted by molar-refractivity contribution is 7.15. The summed E-state index contributed by atoms with van der Waals surface area (Å²) in [6.07, 6.45) is -1.52. The summed E-state index contributed by atoms with van der Waals surface area (Å²) < 4.78 is 38.5. The van der Waals surface area contributed by atoms with E-state index in [1.165, 1.54) is 0 Å². The van der Waals surface area contributed by atoms with Crippen LogP contribution in [0.25, 0.3) is 10.6 Å². The number of halogens is 3. The molecule has 0 radical (unpaired) electrons. The summed E-state index contributed by atoms with van der Waals surface area (Å²) in [5, 5.41) is 3.87. The van der Waals surface area contributed by atoms with Gasteiger partial charge in [0, 0.05) is 18.3 Å². The van der Waals surface area contributed by atoms with E-state index in [1.807, 2.05) is 13.0 Å². The van der Waals surface area contributed by atoms with E-state index in [0.717, 1.165) is 39.5 Å². The molecule has 0 aromatic carbocycles. The Morgan fingerprint density at radius 1 is 1.08 bits per heavy atom. The van der Waals surface area contributed by atoms with Crippen molar-refractivity contribution in [2.24, 2.45) is 0 Å². The number of rotatable bonds is 4. The van der Waals surface area contributed by atoms with Gasteiger partial charge in [-0.25, -0.2) is 15.0 Å². The van der Waals surface area contributed by atoms with Crippen LogP contribution < -0.4 is 5.32 Å². The molecule has 0 saturated heterocycles. The fourth-order valence-electron chi connectivity index (χ4n) is 2.34. The van der Waals surface area contributed by atoms with Crippen LogP contribution in [0.3, 0.4) is 0 Å². The number of hydrogen-bond donors (Lipinski definition) is 1. The van der Waals surface area contributed by atoms with Crippen molar-refractivity contribution in [1.29, 1.82) is 0 Å². The molecule has 3 aromatic heterocycles. The lowest BCUT2D eigenvalue weighted by Gasteiger charge is -2.10. The molecule has 8 heteroatoms. The van der Waals surface area contributed by atoms with Crippen LogP contribution in [0.4, 0.5) is 24.8 Å². The second-order valence-corrected chi connectivity index (χ2v) is 7.25. The number of aromatic nitrogens is 3. The zero-order valence-electron chi connectivity index (χ0n) is 14.4. The molecule has 26 heavy (non-hydrogen) atoms. The van der Waals surface area contributed by atoms with Gasteiger partial charge in [0.25, 0.3) is 0 Å². The van der Waals surface area contributed by atoms with E-state index in [9.17, 15) is 13.2 Å². The predicted molar refractivity (Wildman–Crippen MR) is 96.7 cm³/mol. The minimum atomic E-state index is -4.42. The number of alkyl halides is 3. The number of hydrogen-bond acceptors (Lipinski definition) is 5. The Bertz CT molecular complexity index is 919. The van der Waals surface area contributed by atoms with Crippen LogP contribution >= 0.6 is 11.3 Å². The van der Waals surface area contributed by atoms with Crippen molar-refractivity contribution in [1.82, 2.24) is 15.0 Å². The second-order valence-electron chi connectivity index (χ2n) is 6.18. The first-order chi connectivity index (χ1) is 12.2. The molecule has 0 saturated carbocycles. The number of anilines is 2. The average Bonchev–Trinajstić information content (AvgIpc) is 3.04. The van der Waals surface area contributed by atoms with Crippen LogP contribution in [-0.2, 0) is 6.18 Å². The number of pyridine rings is 2. The van der Waals surface area contributed by atoms with Crippen molar-refractivity contribution in [2.45, 2.75) is 32.9 Å². The summed E-state index contributed by atoms with van der Waals surface area (Å²) in [4.78, 5) is 13.8. The Labute approximate surface area is 153 Å². The normalized spacial score (nSPS) is 11.8. The van der Waals surface area contributed by atoms with Gasteiger partial charge >= 0.3 is 6.18 Å². The molecule has 136 valence electrons. The summed E-state index contributed by atoms with van der Waals surface area (Å²) >= 11 is 1.56. The Hall–Kier alpha value is -2.48. The van der Waals surface area contributed by atoms with Gasteiger partial charge in [0.15, 0.2) is 0 Å². The van der Waals surface area contributed by atoms with Crippen LogP contribution in [-0.4, -0.2) is 15.0 Å². The van der Waals surface area contributed by atoms with E-state index in [0.29, 0.717) is 11.7 Å². The molecule has 0 unspecified atom stereocenters. The quantitative estimate of drug-likeness (QED) is 0.624. The van der Waals surface area contributed by atoms with Crippen molar-refractivity contribution in [3.8, 4) is 10.6 Å². The topological polar surface area (TPSA) is 50.7 Å². The smallest absolute Gasteiger partial charge is 0.325 e. The minimum Gasteiger partial charge on any atom is -0.325 e. The standard InChI is InChI=1S/C18H17F3N4S/c1-10(2)17-23-9-14(26-17)13-6-11(3)7-16(24-13)25-15-8-12(4-5-22-15)18(19,20)21/h4-10H,1-3H3,(H,22,24,25). The van der Waals surface area contributed by atoms with E-state index in [4.69, 9.17) is 0 Å². The molecule has 0 amide bonds. The third-order valence-electron chi connectivity index (χ3n) is 3.58. The van der Waals surface area contributed by atoms with Gasteiger partial charge in [-0.05, 0) is 36.8 Å². The highest BCUT2D eigenvalue weighted by Crippen LogP contribution is 2.32. The summed E-state index contributed by atoms with van der Waals surface area (Å²) in [6.45, 7) is 6.04. The Morgan fingerprint density at radius 2 is 1.85 bits per heavy atom. The number of thiazole rings is 1. The maximum absolute atomic E-state index is 12.8. The molecule has 0 atom stereocenters. The molecule has 0 aliphatic heterocycles. The van der Waals surface area contributed by atoms with Crippen LogP contribution in [0, 0.1) is 6.92 Å². The lowest BCUT2D eigenvalue weighted by atomic mass is 10.2. The maximum atomic E-state index is 12.8. The van der Waals surface area contributed by atoms with Gasteiger partial charge < -0.3 is 5.32 Å². The first-order valence-electron chi connectivity index (χ1n) is 7.97. The van der Waals surface area contributed by atoms with Gasteiger partial charge in [0.1, 0.15) is 11.6 Å².